The average molecular weight is 555 g/mol. The lowest BCUT2D eigenvalue weighted by atomic mass is 9.74. The zero-order valence-electron chi connectivity index (χ0n) is 23.1. The summed E-state index contributed by atoms with van der Waals surface area (Å²) in [5.41, 5.74) is -1.93. The van der Waals surface area contributed by atoms with Crippen LogP contribution in [0.5, 0.6) is 0 Å². The van der Waals surface area contributed by atoms with Gasteiger partial charge < -0.3 is 35.8 Å². The number of carbonyl (C=O) groups is 2. The van der Waals surface area contributed by atoms with Crippen LogP contribution in [0.15, 0.2) is 18.2 Å². The van der Waals surface area contributed by atoms with Gasteiger partial charge in [-0.25, -0.2) is 18.4 Å². The van der Waals surface area contributed by atoms with Gasteiger partial charge in [-0.15, -0.1) is 0 Å². The Morgan fingerprint density at radius 3 is 2.62 bits per heavy atom. The van der Waals surface area contributed by atoms with Crippen molar-refractivity contribution >= 4 is 12.1 Å². The van der Waals surface area contributed by atoms with E-state index in [-0.39, 0.29) is 43.4 Å². The van der Waals surface area contributed by atoms with Crippen molar-refractivity contribution < 1.29 is 33.3 Å². The topological polar surface area (TPSA) is 123 Å². The molecule has 3 rings (SSSR count). The number of aliphatic hydroxyl groups is 2. The Morgan fingerprint density at radius 2 is 1.92 bits per heavy atom. The molecule has 0 radical (unpaired) electrons. The van der Waals surface area contributed by atoms with Gasteiger partial charge in [-0.1, -0.05) is 31.4 Å². The number of halogens is 2. The van der Waals surface area contributed by atoms with Crippen LogP contribution < -0.4 is 16.0 Å². The van der Waals surface area contributed by atoms with Crippen molar-refractivity contribution in [2.75, 3.05) is 40.3 Å². The van der Waals surface area contributed by atoms with Crippen molar-refractivity contribution in [3.8, 4) is 0 Å². The fraction of sp³-hybridized carbons (Fsp3) is 0.714. The predicted molar refractivity (Wildman–Crippen MR) is 143 cm³/mol. The van der Waals surface area contributed by atoms with Crippen molar-refractivity contribution in [2.45, 2.75) is 75.5 Å². The molecule has 0 bridgehead atoms. The molecule has 1 saturated heterocycles. The molecule has 0 spiro atoms. The summed E-state index contributed by atoms with van der Waals surface area (Å²) in [5, 5.41) is 31.5. The standard InChI is InChI=1S/C28H44F2N4O5/c1-31-17-23(25(35)19-9-4-3-5-10-19)33-26(36)34-16-7-11-20(18-34)28(38,14-8-15-32-27(37)39-2)21-12-6-13-22(29)24(21)30/h6,12-13,19-20,23,25,31,35,38H,3-5,7-11,14-18H2,1-2H3,(H,32,37)(H,33,36)/t20-,23-,25+,28+/m1/s1. The van der Waals surface area contributed by atoms with E-state index in [0.717, 1.165) is 38.2 Å². The van der Waals surface area contributed by atoms with Crippen LogP contribution >= 0.6 is 0 Å². The van der Waals surface area contributed by atoms with Crippen LogP contribution in [-0.4, -0.2) is 79.7 Å². The molecule has 9 nitrogen and oxygen atoms in total. The fourth-order valence-electron chi connectivity index (χ4n) is 6.10. The molecule has 1 aliphatic carbocycles. The number of hydrogen-bond donors (Lipinski definition) is 5. The number of likely N-dealkylation sites (tertiary alicyclic amines) is 1. The maximum absolute atomic E-state index is 15.0. The highest BCUT2D eigenvalue weighted by molar-refractivity contribution is 5.74. The van der Waals surface area contributed by atoms with E-state index in [1.807, 2.05) is 0 Å². The minimum atomic E-state index is -1.77. The Labute approximate surface area is 229 Å². The highest BCUT2D eigenvalue weighted by Crippen LogP contribution is 2.41. The van der Waals surface area contributed by atoms with Crippen LogP contribution in [-0.2, 0) is 10.3 Å². The number of nitrogens with zero attached hydrogens (tertiary/aromatic N) is 1. The zero-order valence-corrected chi connectivity index (χ0v) is 23.1. The second-order valence-electron chi connectivity index (χ2n) is 10.8. The molecule has 2 fully saturated rings. The molecular formula is C28H44F2N4O5. The molecule has 39 heavy (non-hydrogen) atoms. The Hall–Kier alpha value is -2.50. The third-order valence-corrected chi connectivity index (χ3v) is 8.27. The first-order chi connectivity index (χ1) is 18.7. The molecular weight excluding hydrogens is 510 g/mol. The van der Waals surface area contributed by atoms with E-state index < -0.39 is 41.4 Å². The van der Waals surface area contributed by atoms with Gasteiger partial charge in [0, 0.05) is 37.7 Å². The molecule has 3 amide bonds. The van der Waals surface area contributed by atoms with Gasteiger partial charge in [0.2, 0.25) is 0 Å². The summed E-state index contributed by atoms with van der Waals surface area (Å²) in [7, 11) is 3.01. The number of piperidine rings is 1. The number of ether oxygens (including phenoxy) is 1. The SMILES string of the molecule is CNC[C@@H](NC(=O)N1CCC[C@@H]([C@@](O)(CCCNC(=O)OC)c2cccc(F)c2F)C1)[C@@H](O)C1CCCCC1. The van der Waals surface area contributed by atoms with Crippen LogP contribution in [0.25, 0.3) is 0 Å². The average Bonchev–Trinajstić information content (AvgIpc) is 2.96. The number of alkyl carbamates (subject to hydrolysis) is 1. The van der Waals surface area contributed by atoms with E-state index in [2.05, 4.69) is 20.7 Å². The van der Waals surface area contributed by atoms with Crippen LogP contribution in [0.1, 0.15) is 63.4 Å². The normalized spacial score (nSPS) is 21.5. The maximum Gasteiger partial charge on any atom is 0.406 e. The largest absolute Gasteiger partial charge is 0.453 e. The van der Waals surface area contributed by atoms with Crippen LogP contribution in [0.4, 0.5) is 18.4 Å². The number of nitrogens with one attached hydrogen (secondary N) is 3. The molecule has 0 unspecified atom stereocenters. The lowest BCUT2D eigenvalue weighted by molar-refractivity contribution is -0.0583. The Balaban J connectivity index is 1.75. The second kappa shape index (κ2) is 14.8. The van der Waals surface area contributed by atoms with E-state index >= 15 is 0 Å². The molecule has 1 aliphatic heterocycles. The molecule has 1 heterocycles. The molecule has 5 N–H and O–H groups in total. The second-order valence-corrected chi connectivity index (χ2v) is 10.8. The van der Waals surface area contributed by atoms with E-state index in [0.29, 0.717) is 25.9 Å². The first-order valence-electron chi connectivity index (χ1n) is 14.1. The van der Waals surface area contributed by atoms with Gasteiger partial charge in [0.05, 0.1) is 24.9 Å². The maximum atomic E-state index is 15.0. The predicted octanol–water partition coefficient (Wildman–Crippen LogP) is 3.24. The fourth-order valence-corrected chi connectivity index (χ4v) is 6.10. The Kier molecular flexibility index (Phi) is 11.7. The van der Waals surface area contributed by atoms with Crippen LogP contribution in [0.3, 0.4) is 0 Å². The van der Waals surface area contributed by atoms with Crippen molar-refractivity contribution in [3.63, 3.8) is 0 Å². The number of methoxy groups -OCH3 is 1. The third kappa shape index (κ3) is 8.02. The summed E-state index contributed by atoms with van der Waals surface area (Å²) >= 11 is 0. The van der Waals surface area contributed by atoms with Crippen LogP contribution in [0, 0.1) is 23.5 Å². The molecule has 4 atom stereocenters. The molecule has 1 saturated carbocycles. The minimum absolute atomic E-state index is 0.0419. The number of amides is 3. The number of benzene rings is 1. The molecule has 11 heteroatoms. The Morgan fingerprint density at radius 1 is 1.18 bits per heavy atom. The number of urea groups is 1. The van der Waals surface area contributed by atoms with Gasteiger partial charge in [0.25, 0.3) is 0 Å². The van der Waals surface area contributed by atoms with Gasteiger partial charge in [-0.3, -0.25) is 0 Å². The lowest BCUT2D eigenvalue weighted by Crippen LogP contribution is -2.57. The molecule has 2 aliphatic rings. The lowest BCUT2D eigenvalue weighted by Gasteiger charge is -2.43. The first-order valence-corrected chi connectivity index (χ1v) is 14.1. The van der Waals surface area contributed by atoms with E-state index in [1.54, 1.807) is 11.9 Å². The van der Waals surface area contributed by atoms with E-state index in [9.17, 15) is 28.6 Å². The number of aliphatic hydroxyl groups excluding tert-OH is 1. The number of rotatable bonds is 11. The molecule has 220 valence electrons. The first kappa shape index (κ1) is 31.0. The number of carbonyl (C=O) groups excluding carboxylic acids is 2. The van der Waals surface area contributed by atoms with Gasteiger partial charge in [-0.05, 0) is 57.6 Å². The van der Waals surface area contributed by atoms with Crippen molar-refractivity contribution in [3.05, 3.63) is 35.4 Å². The van der Waals surface area contributed by atoms with Crippen molar-refractivity contribution in [1.82, 2.24) is 20.9 Å². The minimum Gasteiger partial charge on any atom is -0.453 e. The van der Waals surface area contributed by atoms with E-state index in [4.69, 9.17) is 0 Å². The van der Waals surface area contributed by atoms with Gasteiger partial charge >= 0.3 is 12.1 Å². The smallest absolute Gasteiger partial charge is 0.406 e. The van der Waals surface area contributed by atoms with Gasteiger partial charge in [0.1, 0.15) is 0 Å². The van der Waals surface area contributed by atoms with Crippen molar-refractivity contribution in [1.29, 1.82) is 0 Å². The van der Waals surface area contributed by atoms with Crippen molar-refractivity contribution in [2.24, 2.45) is 11.8 Å². The molecule has 0 aromatic heterocycles. The van der Waals surface area contributed by atoms with Crippen LogP contribution in [0.2, 0.25) is 0 Å². The Bertz CT molecular complexity index is 949. The quantitative estimate of drug-likeness (QED) is 0.268. The summed E-state index contributed by atoms with van der Waals surface area (Å²) in [4.78, 5) is 26.4. The number of likely N-dealkylation sites (N-methyl/N-ethyl adjacent to an activating group) is 1. The van der Waals surface area contributed by atoms with Gasteiger partial charge in [0.15, 0.2) is 11.6 Å². The zero-order chi connectivity index (χ0) is 28.4. The summed E-state index contributed by atoms with van der Waals surface area (Å²) in [6.07, 6.45) is 5.26. The molecule has 1 aromatic rings. The summed E-state index contributed by atoms with van der Waals surface area (Å²) in [5.74, 6) is -2.62. The summed E-state index contributed by atoms with van der Waals surface area (Å²) in [6.45, 7) is 1.16. The monoisotopic (exact) mass is 554 g/mol. The highest BCUT2D eigenvalue weighted by Gasteiger charge is 2.43. The van der Waals surface area contributed by atoms with E-state index in [1.165, 1.54) is 19.2 Å². The molecule has 1 aromatic carbocycles. The third-order valence-electron chi connectivity index (χ3n) is 8.27. The van der Waals surface area contributed by atoms with Gasteiger partial charge in [-0.2, -0.15) is 0 Å². The number of hydrogen-bond acceptors (Lipinski definition) is 6. The summed E-state index contributed by atoms with van der Waals surface area (Å²) < 4.78 is 33.7. The summed E-state index contributed by atoms with van der Waals surface area (Å²) in [6, 6.07) is 2.89. The highest BCUT2D eigenvalue weighted by atomic mass is 19.2.